The Morgan fingerprint density at radius 1 is 1.30 bits per heavy atom. The lowest BCUT2D eigenvalue weighted by Crippen LogP contribution is -2.14. The van der Waals surface area contributed by atoms with Crippen LogP contribution in [0.1, 0.15) is 5.56 Å². The molecule has 0 bridgehead atoms. The molecule has 5 heteroatoms. The molecule has 2 aromatic carbocycles. The predicted octanol–water partition coefficient (Wildman–Crippen LogP) is 3.57. The summed E-state index contributed by atoms with van der Waals surface area (Å²) in [5.41, 5.74) is 0.961. The molecule has 0 atom stereocenters. The second-order valence-corrected chi connectivity index (χ2v) is 5.29. The van der Waals surface area contributed by atoms with E-state index >= 15 is 0 Å². The molecule has 0 aliphatic heterocycles. The Balaban J connectivity index is 1.93. The third-order valence-electron chi connectivity index (χ3n) is 2.68. The van der Waals surface area contributed by atoms with Crippen LogP contribution in [0, 0.1) is 12.7 Å². The summed E-state index contributed by atoms with van der Waals surface area (Å²) in [6.07, 6.45) is 0. The second kappa shape index (κ2) is 6.43. The minimum Gasteiger partial charge on any atom is -0.507 e. The fourth-order valence-corrected chi connectivity index (χ4v) is 2.34. The molecule has 0 aliphatic carbocycles. The lowest BCUT2D eigenvalue weighted by Gasteiger charge is -2.07. The van der Waals surface area contributed by atoms with Gasteiger partial charge in [0.1, 0.15) is 11.6 Å². The van der Waals surface area contributed by atoms with Gasteiger partial charge in [-0.05, 0) is 36.8 Å². The molecule has 2 N–H and O–H groups in total. The van der Waals surface area contributed by atoms with Crippen LogP contribution >= 0.6 is 11.8 Å². The maximum absolute atomic E-state index is 13.3. The Morgan fingerprint density at radius 2 is 2.05 bits per heavy atom. The zero-order chi connectivity index (χ0) is 14.5. The van der Waals surface area contributed by atoms with Crippen molar-refractivity contribution in [1.29, 1.82) is 0 Å². The number of phenolic OH excluding ortho intramolecular Hbond substituents is 1. The van der Waals surface area contributed by atoms with Gasteiger partial charge in [0.15, 0.2) is 0 Å². The van der Waals surface area contributed by atoms with E-state index in [2.05, 4.69) is 5.32 Å². The lowest BCUT2D eigenvalue weighted by molar-refractivity contribution is -0.113. The van der Waals surface area contributed by atoms with Crippen LogP contribution < -0.4 is 5.32 Å². The van der Waals surface area contributed by atoms with Crippen molar-refractivity contribution in [2.45, 2.75) is 11.8 Å². The molecule has 0 fully saturated rings. The highest BCUT2D eigenvalue weighted by molar-refractivity contribution is 8.00. The van der Waals surface area contributed by atoms with Crippen LogP contribution in [-0.2, 0) is 4.79 Å². The first-order chi connectivity index (χ1) is 9.56. The highest BCUT2D eigenvalue weighted by Crippen LogP contribution is 2.27. The summed E-state index contributed by atoms with van der Waals surface area (Å²) in [6, 6.07) is 11.4. The van der Waals surface area contributed by atoms with Crippen LogP contribution in [-0.4, -0.2) is 16.8 Å². The number of anilines is 1. The molecule has 20 heavy (non-hydrogen) atoms. The number of hydrogen-bond acceptors (Lipinski definition) is 3. The summed E-state index contributed by atoms with van der Waals surface area (Å²) >= 11 is 1.23. The number of rotatable bonds is 4. The highest BCUT2D eigenvalue weighted by atomic mass is 32.2. The number of amides is 1. The van der Waals surface area contributed by atoms with Gasteiger partial charge in [0.2, 0.25) is 5.91 Å². The largest absolute Gasteiger partial charge is 0.507 e. The molecule has 0 saturated carbocycles. The molecule has 0 heterocycles. The molecule has 0 aromatic heterocycles. The first-order valence-electron chi connectivity index (χ1n) is 6.03. The van der Waals surface area contributed by atoms with Gasteiger partial charge in [0.05, 0.1) is 5.75 Å². The quantitative estimate of drug-likeness (QED) is 0.847. The van der Waals surface area contributed by atoms with Gasteiger partial charge in [0.25, 0.3) is 0 Å². The van der Waals surface area contributed by atoms with Crippen molar-refractivity contribution in [3.05, 3.63) is 53.8 Å². The number of para-hydroxylation sites is 1. The van der Waals surface area contributed by atoms with E-state index in [0.29, 0.717) is 16.1 Å². The van der Waals surface area contributed by atoms with Crippen molar-refractivity contribution in [3.63, 3.8) is 0 Å². The van der Waals surface area contributed by atoms with Crippen LogP contribution in [0.5, 0.6) is 5.75 Å². The van der Waals surface area contributed by atoms with E-state index in [0.717, 1.165) is 0 Å². The van der Waals surface area contributed by atoms with Crippen molar-refractivity contribution in [1.82, 2.24) is 0 Å². The summed E-state index contributed by atoms with van der Waals surface area (Å²) in [5.74, 6) is -0.308. The van der Waals surface area contributed by atoms with Gasteiger partial charge in [-0.25, -0.2) is 4.39 Å². The zero-order valence-corrected chi connectivity index (χ0v) is 11.7. The Labute approximate surface area is 120 Å². The fourth-order valence-electron chi connectivity index (χ4n) is 1.59. The molecule has 104 valence electrons. The standard InChI is InChI=1S/C15H14FNO2S/c1-10-6-7-11(8-12(10)16)17-15(19)9-20-14-5-3-2-4-13(14)18/h2-8,18H,9H2,1H3,(H,17,19). The third-order valence-corrected chi connectivity index (χ3v) is 3.74. The van der Waals surface area contributed by atoms with E-state index in [4.69, 9.17) is 0 Å². The molecule has 1 amide bonds. The Bertz CT molecular complexity index is 631. The monoisotopic (exact) mass is 291 g/mol. The van der Waals surface area contributed by atoms with Crippen molar-refractivity contribution in [2.75, 3.05) is 11.1 Å². The number of halogens is 1. The van der Waals surface area contributed by atoms with Gasteiger partial charge in [-0.1, -0.05) is 18.2 Å². The topological polar surface area (TPSA) is 49.3 Å². The number of carbonyl (C=O) groups is 1. The van der Waals surface area contributed by atoms with Crippen molar-refractivity contribution in [3.8, 4) is 5.75 Å². The van der Waals surface area contributed by atoms with E-state index in [1.807, 2.05) is 0 Å². The van der Waals surface area contributed by atoms with E-state index in [1.54, 1.807) is 43.3 Å². The van der Waals surface area contributed by atoms with E-state index in [-0.39, 0.29) is 23.2 Å². The molecular weight excluding hydrogens is 277 g/mol. The fraction of sp³-hybridized carbons (Fsp3) is 0.133. The zero-order valence-electron chi connectivity index (χ0n) is 10.9. The van der Waals surface area contributed by atoms with Gasteiger partial charge in [-0.2, -0.15) is 0 Å². The van der Waals surface area contributed by atoms with Crippen LogP contribution in [0.25, 0.3) is 0 Å². The first kappa shape index (κ1) is 14.4. The van der Waals surface area contributed by atoms with E-state index in [1.165, 1.54) is 17.8 Å². The number of aromatic hydroxyl groups is 1. The third kappa shape index (κ3) is 3.74. The smallest absolute Gasteiger partial charge is 0.234 e. The minimum absolute atomic E-state index is 0.145. The normalized spacial score (nSPS) is 10.3. The minimum atomic E-state index is -0.351. The summed E-state index contributed by atoms with van der Waals surface area (Å²) in [7, 11) is 0. The van der Waals surface area contributed by atoms with Gasteiger partial charge in [-0.15, -0.1) is 11.8 Å². The molecule has 0 unspecified atom stereocenters. The van der Waals surface area contributed by atoms with Crippen molar-refractivity contribution >= 4 is 23.4 Å². The summed E-state index contributed by atoms with van der Waals surface area (Å²) < 4.78 is 13.3. The van der Waals surface area contributed by atoms with E-state index < -0.39 is 0 Å². The van der Waals surface area contributed by atoms with Gasteiger partial charge < -0.3 is 10.4 Å². The number of benzene rings is 2. The summed E-state index contributed by atoms with van der Waals surface area (Å²) in [5, 5.41) is 12.2. The average molecular weight is 291 g/mol. The SMILES string of the molecule is Cc1ccc(NC(=O)CSc2ccccc2O)cc1F. The first-order valence-corrected chi connectivity index (χ1v) is 7.01. The maximum atomic E-state index is 13.3. The number of hydrogen-bond donors (Lipinski definition) is 2. The van der Waals surface area contributed by atoms with Gasteiger partial charge in [0, 0.05) is 10.6 Å². The molecule has 2 aromatic rings. The summed E-state index contributed by atoms with van der Waals surface area (Å²) in [6.45, 7) is 1.66. The predicted molar refractivity (Wildman–Crippen MR) is 78.6 cm³/mol. The van der Waals surface area contributed by atoms with Crippen LogP contribution in [0.2, 0.25) is 0 Å². The number of nitrogens with one attached hydrogen (secondary N) is 1. The molecule has 0 radical (unpaired) electrons. The van der Waals surface area contributed by atoms with Crippen molar-refractivity contribution in [2.24, 2.45) is 0 Å². The molecule has 0 saturated heterocycles. The van der Waals surface area contributed by atoms with Crippen LogP contribution in [0.4, 0.5) is 10.1 Å². The second-order valence-electron chi connectivity index (χ2n) is 4.27. The molecule has 2 rings (SSSR count). The van der Waals surface area contributed by atoms with Gasteiger partial charge in [-0.3, -0.25) is 4.79 Å². The molecule has 3 nitrogen and oxygen atoms in total. The molecule has 0 aliphatic rings. The average Bonchev–Trinajstić information content (AvgIpc) is 2.42. The maximum Gasteiger partial charge on any atom is 0.234 e. The number of carbonyl (C=O) groups excluding carboxylic acids is 1. The van der Waals surface area contributed by atoms with Crippen LogP contribution in [0.3, 0.4) is 0 Å². The Morgan fingerprint density at radius 3 is 2.75 bits per heavy atom. The molecule has 0 spiro atoms. The van der Waals surface area contributed by atoms with E-state index in [9.17, 15) is 14.3 Å². The van der Waals surface area contributed by atoms with Gasteiger partial charge >= 0.3 is 0 Å². The number of aryl methyl sites for hydroxylation is 1. The lowest BCUT2D eigenvalue weighted by atomic mass is 10.2. The number of thioether (sulfide) groups is 1. The summed E-state index contributed by atoms with van der Waals surface area (Å²) in [4.78, 5) is 12.4. The number of phenols is 1. The molecular formula is C15H14FNO2S. The van der Waals surface area contributed by atoms with Crippen LogP contribution in [0.15, 0.2) is 47.4 Å². The Kier molecular flexibility index (Phi) is 4.63. The Hall–Kier alpha value is -2.01. The highest BCUT2D eigenvalue weighted by Gasteiger charge is 2.07. The van der Waals surface area contributed by atoms with Crippen molar-refractivity contribution < 1.29 is 14.3 Å².